The summed E-state index contributed by atoms with van der Waals surface area (Å²) in [6, 6.07) is 3.24. The average molecular weight is 419 g/mol. The third kappa shape index (κ3) is 10.3. The molecule has 0 bridgehead atoms. The van der Waals surface area contributed by atoms with Gasteiger partial charge in [0.25, 0.3) is 0 Å². The number of aryl methyl sites for hydroxylation is 2. The predicted molar refractivity (Wildman–Crippen MR) is 124 cm³/mol. The summed E-state index contributed by atoms with van der Waals surface area (Å²) in [5.41, 5.74) is 1.86. The molecule has 0 radical (unpaired) electrons. The molecule has 0 aromatic heterocycles. The van der Waals surface area contributed by atoms with Crippen molar-refractivity contribution in [1.29, 1.82) is 0 Å². The van der Waals surface area contributed by atoms with Crippen molar-refractivity contribution in [3.05, 3.63) is 34.4 Å². The minimum Gasteiger partial charge on any atom is -0.478 e. The van der Waals surface area contributed by atoms with Crippen molar-refractivity contribution in [1.82, 2.24) is 0 Å². The van der Waals surface area contributed by atoms with Crippen LogP contribution in [0.15, 0.2) is 12.1 Å². The molecule has 1 rings (SSSR count). The predicted octanol–water partition coefficient (Wildman–Crippen LogP) is 7.38. The van der Waals surface area contributed by atoms with Crippen LogP contribution in [0.5, 0.6) is 0 Å². The Kier molecular flexibility index (Phi) is 12.4. The van der Waals surface area contributed by atoms with E-state index in [1.807, 2.05) is 0 Å². The summed E-state index contributed by atoms with van der Waals surface area (Å²) in [4.78, 5) is 23.2. The van der Waals surface area contributed by atoms with Gasteiger partial charge < -0.3 is 10.2 Å². The first kappa shape index (κ1) is 26.2. The number of rotatable bonds is 16. The molecule has 2 N–H and O–H groups in total. The van der Waals surface area contributed by atoms with E-state index in [1.165, 1.54) is 38.5 Å². The van der Waals surface area contributed by atoms with E-state index >= 15 is 0 Å². The zero-order valence-corrected chi connectivity index (χ0v) is 19.5. The number of hydrogen-bond acceptors (Lipinski definition) is 2. The van der Waals surface area contributed by atoms with Gasteiger partial charge in [-0.25, -0.2) is 9.59 Å². The first-order chi connectivity index (χ1) is 14.2. The van der Waals surface area contributed by atoms with E-state index in [0.717, 1.165) is 61.5 Å². The van der Waals surface area contributed by atoms with Crippen molar-refractivity contribution < 1.29 is 19.8 Å². The van der Waals surface area contributed by atoms with Crippen LogP contribution in [0.25, 0.3) is 0 Å². The first-order valence-corrected chi connectivity index (χ1v) is 11.8. The lowest BCUT2D eigenvalue weighted by atomic mass is 9.91. The first-order valence-electron chi connectivity index (χ1n) is 11.8. The van der Waals surface area contributed by atoms with Crippen molar-refractivity contribution in [2.45, 2.75) is 105 Å². The van der Waals surface area contributed by atoms with Crippen LogP contribution < -0.4 is 0 Å². The summed E-state index contributed by atoms with van der Waals surface area (Å²) in [6.07, 6.45) is 13.3. The summed E-state index contributed by atoms with van der Waals surface area (Å²) < 4.78 is 0. The SMILES string of the molecule is CC(C)CCCCCCc1cc(C(=O)O)c(C(=O)O)cc1CCCCCCC(C)C. The van der Waals surface area contributed by atoms with Crippen LogP contribution in [0.1, 0.15) is 124 Å². The van der Waals surface area contributed by atoms with Crippen LogP contribution in [0.3, 0.4) is 0 Å². The van der Waals surface area contributed by atoms with E-state index in [9.17, 15) is 19.8 Å². The molecule has 0 aliphatic rings. The number of unbranched alkanes of at least 4 members (excludes halogenated alkanes) is 6. The summed E-state index contributed by atoms with van der Waals surface area (Å²) in [6.45, 7) is 8.97. The number of aromatic carboxylic acids is 2. The molecule has 0 heterocycles. The number of carboxylic acid groups (broad SMARTS) is 2. The molecule has 4 nitrogen and oxygen atoms in total. The maximum atomic E-state index is 11.6. The fourth-order valence-corrected chi connectivity index (χ4v) is 3.95. The normalized spacial score (nSPS) is 11.4. The number of hydrogen-bond donors (Lipinski definition) is 2. The van der Waals surface area contributed by atoms with Gasteiger partial charge in [0.05, 0.1) is 11.1 Å². The van der Waals surface area contributed by atoms with Crippen molar-refractivity contribution >= 4 is 11.9 Å². The highest BCUT2D eigenvalue weighted by Gasteiger charge is 2.19. The van der Waals surface area contributed by atoms with Crippen LogP contribution in [0.2, 0.25) is 0 Å². The van der Waals surface area contributed by atoms with Crippen molar-refractivity contribution in [2.24, 2.45) is 11.8 Å². The van der Waals surface area contributed by atoms with Gasteiger partial charge in [-0.3, -0.25) is 0 Å². The van der Waals surface area contributed by atoms with E-state index in [4.69, 9.17) is 0 Å². The standard InChI is InChI=1S/C26H42O4/c1-19(2)13-9-5-7-11-15-21-17-23(25(27)28)24(26(29)30)18-22(21)16-12-8-6-10-14-20(3)4/h17-20H,5-16H2,1-4H3,(H,27,28)(H,29,30). The molecular weight excluding hydrogens is 376 g/mol. The maximum Gasteiger partial charge on any atom is 0.336 e. The molecule has 0 saturated carbocycles. The molecule has 0 fully saturated rings. The van der Waals surface area contributed by atoms with Crippen LogP contribution >= 0.6 is 0 Å². The van der Waals surface area contributed by atoms with Crippen LogP contribution in [-0.4, -0.2) is 22.2 Å². The second kappa shape index (κ2) is 14.2. The molecule has 0 amide bonds. The van der Waals surface area contributed by atoms with E-state index in [1.54, 1.807) is 12.1 Å². The Hall–Kier alpha value is -1.84. The second-order valence-electron chi connectivity index (χ2n) is 9.47. The quantitative estimate of drug-likeness (QED) is 0.275. The van der Waals surface area contributed by atoms with Gasteiger partial charge in [-0.15, -0.1) is 0 Å². The van der Waals surface area contributed by atoms with Crippen molar-refractivity contribution in [3.63, 3.8) is 0 Å². The van der Waals surface area contributed by atoms with Crippen LogP contribution in [0, 0.1) is 11.8 Å². The van der Waals surface area contributed by atoms with Gasteiger partial charge in [-0.1, -0.05) is 79.1 Å². The molecule has 1 aromatic carbocycles. The minimum absolute atomic E-state index is 0.0852. The average Bonchev–Trinajstić information content (AvgIpc) is 2.66. The fraction of sp³-hybridized carbons (Fsp3) is 0.692. The van der Waals surface area contributed by atoms with Gasteiger partial charge in [0, 0.05) is 0 Å². The summed E-state index contributed by atoms with van der Waals surface area (Å²) in [7, 11) is 0. The van der Waals surface area contributed by atoms with Gasteiger partial charge in [0.2, 0.25) is 0 Å². The monoisotopic (exact) mass is 418 g/mol. The van der Waals surface area contributed by atoms with E-state index in [-0.39, 0.29) is 11.1 Å². The Morgan fingerprint density at radius 1 is 0.633 bits per heavy atom. The third-order valence-corrected chi connectivity index (χ3v) is 5.76. The number of benzene rings is 1. The summed E-state index contributed by atoms with van der Waals surface area (Å²) in [5, 5.41) is 19.0. The summed E-state index contributed by atoms with van der Waals surface area (Å²) in [5.74, 6) is -0.853. The van der Waals surface area contributed by atoms with Crippen molar-refractivity contribution in [3.8, 4) is 0 Å². The lowest BCUT2D eigenvalue weighted by Crippen LogP contribution is -2.11. The highest BCUT2D eigenvalue weighted by molar-refractivity contribution is 6.02. The number of carboxylic acids is 2. The highest BCUT2D eigenvalue weighted by Crippen LogP contribution is 2.23. The second-order valence-corrected chi connectivity index (χ2v) is 9.47. The summed E-state index contributed by atoms with van der Waals surface area (Å²) >= 11 is 0. The molecule has 1 aromatic rings. The van der Waals surface area contributed by atoms with Gasteiger partial charge in [0.15, 0.2) is 0 Å². The van der Waals surface area contributed by atoms with E-state index in [2.05, 4.69) is 27.7 Å². The van der Waals surface area contributed by atoms with Gasteiger partial charge in [-0.2, -0.15) is 0 Å². The smallest absolute Gasteiger partial charge is 0.336 e. The number of carbonyl (C=O) groups is 2. The molecule has 0 atom stereocenters. The molecule has 0 spiro atoms. The Balaban J connectivity index is 2.76. The van der Waals surface area contributed by atoms with Gasteiger partial charge in [-0.05, 0) is 60.8 Å². The van der Waals surface area contributed by atoms with E-state index < -0.39 is 11.9 Å². The van der Waals surface area contributed by atoms with Crippen molar-refractivity contribution in [2.75, 3.05) is 0 Å². The molecular formula is C26H42O4. The zero-order chi connectivity index (χ0) is 22.5. The maximum absolute atomic E-state index is 11.6. The lowest BCUT2D eigenvalue weighted by molar-refractivity contribution is 0.0651. The Bertz CT molecular complexity index is 604. The minimum atomic E-state index is -1.16. The molecule has 0 aliphatic heterocycles. The van der Waals surface area contributed by atoms with Gasteiger partial charge >= 0.3 is 11.9 Å². The zero-order valence-electron chi connectivity index (χ0n) is 19.5. The van der Waals surface area contributed by atoms with Crippen LogP contribution in [0.4, 0.5) is 0 Å². The molecule has 30 heavy (non-hydrogen) atoms. The fourth-order valence-electron chi connectivity index (χ4n) is 3.95. The Labute approximate surface area is 183 Å². The lowest BCUT2D eigenvalue weighted by Gasteiger charge is -2.14. The Morgan fingerprint density at radius 2 is 0.967 bits per heavy atom. The highest BCUT2D eigenvalue weighted by atomic mass is 16.4. The largest absolute Gasteiger partial charge is 0.478 e. The third-order valence-electron chi connectivity index (χ3n) is 5.76. The van der Waals surface area contributed by atoms with Gasteiger partial charge in [0.1, 0.15) is 0 Å². The topological polar surface area (TPSA) is 74.6 Å². The molecule has 0 saturated heterocycles. The van der Waals surface area contributed by atoms with Crippen LogP contribution in [-0.2, 0) is 12.8 Å². The molecule has 0 unspecified atom stereocenters. The van der Waals surface area contributed by atoms with E-state index in [0.29, 0.717) is 0 Å². The Morgan fingerprint density at radius 3 is 1.27 bits per heavy atom. The molecule has 170 valence electrons. The molecule has 4 heteroatoms. The molecule has 0 aliphatic carbocycles.